The van der Waals surface area contributed by atoms with Crippen LogP contribution >= 0.6 is 0 Å². The maximum Gasteiger partial charge on any atom is 0.221 e. The van der Waals surface area contributed by atoms with Crippen molar-refractivity contribution in [1.82, 2.24) is 0 Å². The molecule has 0 saturated carbocycles. The summed E-state index contributed by atoms with van der Waals surface area (Å²) < 4.78 is 0. The monoisotopic (exact) mass is 377 g/mol. The highest BCUT2D eigenvalue weighted by Crippen LogP contribution is 2.32. The van der Waals surface area contributed by atoms with E-state index in [2.05, 4.69) is 5.32 Å². The number of nitrogens with one attached hydrogen (secondary N) is 1. The lowest BCUT2D eigenvalue weighted by Crippen LogP contribution is -2.06. The fourth-order valence-corrected chi connectivity index (χ4v) is 2.21. The van der Waals surface area contributed by atoms with Crippen molar-refractivity contribution in [3.05, 3.63) is 35.4 Å². The Bertz CT molecular complexity index is 858. The standard InChI is InChI=1S/C10H11NO4.C8H8O4/c1-5(12)10-8(14)3-7(4-9(10)15)11-6(2)13;1-4(9)8-6(11)2-5(10)3-7(8)12/h3-4,14-15H,1-2H3,(H,11,13);2-3,10-12H,1H3. The van der Waals surface area contributed by atoms with Crippen molar-refractivity contribution in [3.63, 3.8) is 0 Å². The van der Waals surface area contributed by atoms with E-state index in [1.807, 2.05) is 0 Å². The molecule has 9 nitrogen and oxygen atoms in total. The largest absolute Gasteiger partial charge is 0.508 e. The normalized spacial score (nSPS) is 9.74. The zero-order chi connectivity index (χ0) is 20.9. The number of amides is 1. The van der Waals surface area contributed by atoms with Gasteiger partial charge in [0.15, 0.2) is 11.6 Å². The average Bonchev–Trinajstić information content (AvgIpc) is 2.43. The molecule has 1 amide bonds. The molecule has 0 radical (unpaired) electrons. The number of anilines is 1. The number of phenols is 5. The summed E-state index contributed by atoms with van der Waals surface area (Å²) in [5, 5.41) is 48.3. The zero-order valence-electron chi connectivity index (χ0n) is 14.8. The van der Waals surface area contributed by atoms with Crippen molar-refractivity contribution in [1.29, 1.82) is 0 Å². The smallest absolute Gasteiger partial charge is 0.221 e. The van der Waals surface area contributed by atoms with Gasteiger partial charge in [-0.3, -0.25) is 14.4 Å². The van der Waals surface area contributed by atoms with E-state index in [4.69, 9.17) is 15.3 Å². The number of rotatable bonds is 3. The Morgan fingerprint density at radius 3 is 1.30 bits per heavy atom. The van der Waals surface area contributed by atoms with Crippen molar-refractivity contribution in [2.75, 3.05) is 5.32 Å². The van der Waals surface area contributed by atoms with Crippen LogP contribution in [0.2, 0.25) is 0 Å². The average molecular weight is 377 g/mol. The van der Waals surface area contributed by atoms with Gasteiger partial charge in [-0.1, -0.05) is 0 Å². The van der Waals surface area contributed by atoms with Crippen LogP contribution in [0.15, 0.2) is 24.3 Å². The Kier molecular flexibility index (Phi) is 6.75. The Labute approximate surface area is 154 Å². The van der Waals surface area contributed by atoms with Crippen LogP contribution in [-0.4, -0.2) is 43.0 Å². The Balaban J connectivity index is 0.000000277. The summed E-state index contributed by atoms with van der Waals surface area (Å²) in [5.74, 6) is -3.05. The molecule has 2 aromatic rings. The lowest BCUT2D eigenvalue weighted by atomic mass is 10.1. The first kappa shape index (κ1) is 21.3. The number of carbonyl (C=O) groups is 3. The van der Waals surface area contributed by atoms with Gasteiger partial charge in [0.05, 0.1) is 0 Å². The summed E-state index contributed by atoms with van der Waals surface area (Å²) in [6, 6.07) is 4.41. The second kappa shape index (κ2) is 8.56. The molecule has 0 aromatic heterocycles. The van der Waals surface area contributed by atoms with Gasteiger partial charge in [-0.15, -0.1) is 0 Å². The van der Waals surface area contributed by atoms with E-state index in [1.54, 1.807) is 0 Å². The fourth-order valence-electron chi connectivity index (χ4n) is 2.21. The SMILES string of the molecule is CC(=O)Nc1cc(O)c(C(C)=O)c(O)c1.CC(=O)c1c(O)cc(O)cc1O. The van der Waals surface area contributed by atoms with Crippen LogP contribution in [-0.2, 0) is 4.79 Å². The van der Waals surface area contributed by atoms with Gasteiger partial charge in [0.2, 0.25) is 5.91 Å². The lowest BCUT2D eigenvalue weighted by molar-refractivity contribution is -0.114. The number of Topliss-reactive ketones (excluding diaryl/α,β-unsaturated/α-hetero) is 2. The summed E-state index contributed by atoms with van der Waals surface area (Å²) in [7, 11) is 0. The number of carbonyl (C=O) groups excluding carboxylic acids is 3. The number of ketones is 2. The Hall–Kier alpha value is -3.75. The highest BCUT2D eigenvalue weighted by Gasteiger charge is 2.14. The summed E-state index contributed by atoms with van der Waals surface area (Å²) in [6.07, 6.45) is 0. The van der Waals surface area contributed by atoms with Gasteiger partial charge in [0.1, 0.15) is 39.9 Å². The third-order valence-corrected chi connectivity index (χ3v) is 3.20. The molecule has 0 atom stereocenters. The molecule has 6 N–H and O–H groups in total. The van der Waals surface area contributed by atoms with Gasteiger partial charge in [-0.05, 0) is 13.8 Å². The second-order valence-corrected chi connectivity index (χ2v) is 5.54. The highest BCUT2D eigenvalue weighted by atomic mass is 16.3. The predicted octanol–water partition coefficient (Wildman–Crippen LogP) is 2.26. The van der Waals surface area contributed by atoms with Crippen LogP contribution in [0.25, 0.3) is 0 Å². The number of hydrogen-bond donors (Lipinski definition) is 6. The van der Waals surface area contributed by atoms with Crippen molar-refractivity contribution in [3.8, 4) is 28.7 Å². The first-order chi connectivity index (χ1) is 12.4. The van der Waals surface area contributed by atoms with E-state index in [-0.39, 0.29) is 40.0 Å². The van der Waals surface area contributed by atoms with Crippen molar-refractivity contribution >= 4 is 23.2 Å². The van der Waals surface area contributed by atoms with Crippen LogP contribution in [0.5, 0.6) is 28.7 Å². The van der Waals surface area contributed by atoms with E-state index < -0.39 is 23.1 Å². The van der Waals surface area contributed by atoms with E-state index in [0.717, 1.165) is 12.1 Å². The molecule has 2 rings (SSSR count). The summed E-state index contributed by atoms with van der Waals surface area (Å²) in [5.41, 5.74) is -0.0839. The maximum atomic E-state index is 11.0. The molecule has 2 aromatic carbocycles. The van der Waals surface area contributed by atoms with Crippen LogP contribution in [0.3, 0.4) is 0 Å². The Morgan fingerprint density at radius 1 is 0.667 bits per heavy atom. The zero-order valence-corrected chi connectivity index (χ0v) is 14.8. The van der Waals surface area contributed by atoms with E-state index in [9.17, 15) is 24.6 Å². The molecule has 0 aliphatic heterocycles. The lowest BCUT2D eigenvalue weighted by Gasteiger charge is -2.07. The van der Waals surface area contributed by atoms with Crippen LogP contribution in [0, 0.1) is 0 Å². The molecule has 0 saturated heterocycles. The molecule has 144 valence electrons. The number of aromatic hydroxyl groups is 5. The number of benzene rings is 2. The third kappa shape index (κ3) is 5.63. The first-order valence-corrected chi connectivity index (χ1v) is 7.54. The quantitative estimate of drug-likeness (QED) is 0.443. The fraction of sp³-hybridized carbons (Fsp3) is 0.167. The highest BCUT2D eigenvalue weighted by molar-refractivity contribution is 6.01. The van der Waals surface area contributed by atoms with Crippen LogP contribution < -0.4 is 5.32 Å². The van der Waals surface area contributed by atoms with Crippen molar-refractivity contribution in [2.45, 2.75) is 20.8 Å². The van der Waals surface area contributed by atoms with Crippen LogP contribution in [0.4, 0.5) is 5.69 Å². The second-order valence-electron chi connectivity index (χ2n) is 5.54. The number of phenolic OH excluding ortho intramolecular Hbond substituents is 5. The van der Waals surface area contributed by atoms with E-state index in [1.165, 1.54) is 32.9 Å². The molecule has 0 heterocycles. The minimum atomic E-state index is -0.454. The maximum absolute atomic E-state index is 11.0. The van der Waals surface area contributed by atoms with Crippen molar-refractivity contribution < 1.29 is 39.9 Å². The molecule has 27 heavy (non-hydrogen) atoms. The molecule has 9 heteroatoms. The molecular formula is C18H19NO8. The minimum Gasteiger partial charge on any atom is -0.508 e. The topological polar surface area (TPSA) is 164 Å². The van der Waals surface area contributed by atoms with Crippen molar-refractivity contribution in [2.24, 2.45) is 0 Å². The number of hydrogen-bond acceptors (Lipinski definition) is 8. The summed E-state index contributed by atoms with van der Waals surface area (Å²) >= 11 is 0. The van der Waals surface area contributed by atoms with Gasteiger partial charge in [-0.2, -0.15) is 0 Å². The van der Waals surface area contributed by atoms with Crippen LogP contribution in [0.1, 0.15) is 41.5 Å². The molecule has 0 fully saturated rings. The third-order valence-electron chi connectivity index (χ3n) is 3.20. The van der Waals surface area contributed by atoms with Gasteiger partial charge < -0.3 is 30.8 Å². The molecular weight excluding hydrogens is 358 g/mol. The van der Waals surface area contributed by atoms with Gasteiger partial charge >= 0.3 is 0 Å². The molecule has 0 aliphatic carbocycles. The minimum absolute atomic E-state index is 0.149. The van der Waals surface area contributed by atoms with Gasteiger partial charge in [0.25, 0.3) is 0 Å². The predicted molar refractivity (Wildman–Crippen MR) is 95.5 cm³/mol. The molecule has 0 unspecified atom stereocenters. The molecule has 0 spiro atoms. The Morgan fingerprint density at radius 2 is 1.00 bits per heavy atom. The van der Waals surface area contributed by atoms with E-state index >= 15 is 0 Å². The van der Waals surface area contributed by atoms with Gasteiger partial charge in [-0.25, -0.2) is 0 Å². The summed E-state index contributed by atoms with van der Waals surface area (Å²) in [4.78, 5) is 32.5. The van der Waals surface area contributed by atoms with Gasteiger partial charge in [0, 0.05) is 36.9 Å². The molecule has 0 aliphatic rings. The summed E-state index contributed by atoms with van der Waals surface area (Å²) in [6.45, 7) is 3.74. The van der Waals surface area contributed by atoms with E-state index in [0.29, 0.717) is 0 Å². The molecule has 0 bridgehead atoms. The first-order valence-electron chi connectivity index (χ1n) is 7.54.